The molecule has 2 nitrogen and oxygen atoms in total. The molecule has 0 radical (unpaired) electrons. The van der Waals surface area contributed by atoms with E-state index in [1.807, 2.05) is 0 Å². The highest BCUT2D eigenvalue weighted by molar-refractivity contribution is 5.98. The predicted octanol–water partition coefficient (Wildman–Crippen LogP) is 7.01. The average Bonchev–Trinajstić information content (AvgIpc) is 3.17. The summed E-state index contributed by atoms with van der Waals surface area (Å²) in [6, 6.07) is 20.2. The van der Waals surface area contributed by atoms with E-state index in [4.69, 9.17) is 9.98 Å². The molecule has 1 aliphatic heterocycles. The third-order valence-electron chi connectivity index (χ3n) is 6.58. The summed E-state index contributed by atoms with van der Waals surface area (Å²) in [5.41, 5.74) is 5.30. The van der Waals surface area contributed by atoms with Gasteiger partial charge in [0.05, 0.1) is 6.04 Å². The molecule has 0 N–H and O–H groups in total. The van der Waals surface area contributed by atoms with Crippen molar-refractivity contribution in [3.8, 4) is 0 Å². The van der Waals surface area contributed by atoms with Crippen molar-refractivity contribution < 1.29 is 0 Å². The van der Waals surface area contributed by atoms with Gasteiger partial charge in [-0.3, -0.25) is 9.98 Å². The van der Waals surface area contributed by atoms with Gasteiger partial charge >= 0.3 is 0 Å². The summed E-state index contributed by atoms with van der Waals surface area (Å²) in [5.74, 6) is 0.621. The molecule has 2 aromatic carbocycles. The van der Waals surface area contributed by atoms with Crippen molar-refractivity contribution in [2.45, 2.75) is 71.4 Å². The standard InChI is InChI=1S/C27H34N2/c1-19-24(26(27(2,3)4)29-22-15-9-10-16-22)23-17-11-8-14-21(23)18-28-25(19)20-12-6-5-7-13-20/h5-8,11-14,17-19,22,24-25H,9-10,15-16H2,1-4H3. The molecule has 3 atom stereocenters. The summed E-state index contributed by atoms with van der Waals surface area (Å²) in [4.78, 5) is 10.5. The summed E-state index contributed by atoms with van der Waals surface area (Å²) in [7, 11) is 0. The minimum Gasteiger partial charge on any atom is -0.290 e. The van der Waals surface area contributed by atoms with Crippen LogP contribution in [0.1, 0.15) is 82.0 Å². The van der Waals surface area contributed by atoms with Crippen LogP contribution in [0.2, 0.25) is 0 Å². The number of nitrogens with zero attached hydrogens (tertiary/aromatic N) is 2. The SMILES string of the molecule is CC1C(c2ccccc2)N=Cc2ccccc2C1C(=NC1CCCC1)C(C)(C)C. The van der Waals surface area contributed by atoms with E-state index < -0.39 is 0 Å². The van der Waals surface area contributed by atoms with Crippen molar-refractivity contribution in [2.75, 3.05) is 0 Å². The van der Waals surface area contributed by atoms with Crippen LogP contribution < -0.4 is 0 Å². The lowest BCUT2D eigenvalue weighted by atomic mass is 9.70. The van der Waals surface area contributed by atoms with Gasteiger partial charge in [0.2, 0.25) is 0 Å². The fourth-order valence-corrected chi connectivity index (χ4v) is 5.08. The molecule has 0 amide bonds. The molecular formula is C27H34N2. The molecule has 3 unspecified atom stereocenters. The Morgan fingerprint density at radius 1 is 0.931 bits per heavy atom. The van der Waals surface area contributed by atoms with Crippen LogP contribution in [0.15, 0.2) is 64.6 Å². The quantitative estimate of drug-likeness (QED) is 0.507. The van der Waals surface area contributed by atoms with Crippen LogP contribution in [-0.2, 0) is 0 Å². The zero-order valence-electron chi connectivity index (χ0n) is 18.3. The van der Waals surface area contributed by atoms with Crippen molar-refractivity contribution in [1.29, 1.82) is 0 Å². The van der Waals surface area contributed by atoms with Crippen molar-refractivity contribution in [2.24, 2.45) is 21.3 Å². The maximum atomic E-state index is 5.45. The van der Waals surface area contributed by atoms with Gasteiger partial charge in [0, 0.05) is 29.3 Å². The average molecular weight is 387 g/mol. The highest BCUT2D eigenvalue weighted by atomic mass is 14.9. The molecule has 1 aliphatic carbocycles. The number of rotatable bonds is 3. The largest absolute Gasteiger partial charge is 0.290 e. The molecular weight excluding hydrogens is 352 g/mol. The smallest absolute Gasteiger partial charge is 0.0784 e. The first-order valence-electron chi connectivity index (χ1n) is 11.2. The number of hydrogen-bond donors (Lipinski definition) is 0. The molecule has 4 rings (SSSR count). The van der Waals surface area contributed by atoms with Crippen LogP contribution in [0.4, 0.5) is 0 Å². The molecule has 2 heteroatoms. The third-order valence-corrected chi connectivity index (χ3v) is 6.58. The summed E-state index contributed by atoms with van der Waals surface area (Å²) in [6.45, 7) is 9.37. The Morgan fingerprint density at radius 3 is 2.28 bits per heavy atom. The Morgan fingerprint density at radius 2 is 1.59 bits per heavy atom. The highest BCUT2D eigenvalue weighted by Gasteiger charge is 2.39. The maximum Gasteiger partial charge on any atom is 0.0784 e. The minimum atomic E-state index is 0.0280. The van der Waals surface area contributed by atoms with Crippen LogP contribution in [0.3, 0.4) is 0 Å². The molecule has 0 saturated heterocycles. The van der Waals surface area contributed by atoms with Crippen LogP contribution in [0, 0.1) is 11.3 Å². The van der Waals surface area contributed by atoms with Gasteiger partial charge in [-0.15, -0.1) is 0 Å². The molecule has 1 fully saturated rings. The van der Waals surface area contributed by atoms with Crippen molar-refractivity contribution in [3.63, 3.8) is 0 Å². The Hall–Kier alpha value is -2.22. The lowest BCUT2D eigenvalue weighted by Crippen LogP contribution is -2.34. The van der Waals surface area contributed by atoms with Crippen molar-refractivity contribution >= 4 is 11.9 Å². The predicted molar refractivity (Wildman–Crippen MR) is 124 cm³/mol. The Balaban J connectivity index is 1.85. The highest BCUT2D eigenvalue weighted by Crippen LogP contribution is 2.44. The van der Waals surface area contributed by atoms with E-state index in [1.165, 1.54) is 48.1 Å². The molecule has 29 heavy (non-hydrogen) atoms. The lowest BCUT2D eigenvalue weighted by Gasteiger charge is -2.36. The summed E-state index contributed by atoms with van der Waals surface area (Å²) in [5, 5.41) is 0. The minimum absolute atomic E-state index is 0.0280. The van der Waals surface area contributed by atoms with Gasteiger partial charge in [-0.25, -0.2) is 0 Å². The fraction of sp³-hybridized carbons (Fsp3) is 0.481. The van der Waals surface area contributed by atoms with Crippen LogP contribution in [0.5, 0.6) is 0 Å². The van der Waals surface area contributed by atoms with Gasteiger partial charge < -0.3 is 0 Å². The molecule has 0 spiro atoms. The van der Waals surface area contributed by atoms with Gasteiger partial charge in [0.1, 0.15) is 0 Å². The molecule has 2 aliphatic rings. The second-order valence-electron chi connectivity index (χ2n) is 9.80. The zero-order chi connectivity index (χ0) is 20.4. The van der Waals surface area contributed by atoms with E-state index >= 15 is 0 Å². The van der Waals surface area contributed by atoms with Crippen LogP contribution in [-0.4, -0.2) is 18.0 Å². The van der Waals surface area contributed by atoms with Crippen molar-refractivity contribution in [3.05, 3.63) is 71.3 Å². The monoisotopic (exact) mass is 386 g/mol. The Labute approximate surface area is 176 Å². The van der Waals surface area contributed by atoms with Crippen molar-refractivity contribution in [1.82, 2.24) is 0 Å². The van der Waals surface area contributed by atoms with E-state index in [1.54, 1.807) is 0 Å². The topological polar surface area (TPSA) is 24.7 Å². The van der Waals surface area contributed by atoms with Gasteiger partial charge in [-0.2, -0.15) is 0 Å². The Kier molecular flexibility index (Phi) is 5.72. The second-order valence-corrected chi connectivity index (χ2v) is 9.80. The van der Waals surface area contributed by atoms with Crippen LogP contribution >= 0.6 is 0 Å². The summed E-state index contributed by atoms with van der Waals surface area (Å²) < 4.78 is 0. The van der Waals surface area contributed by atoms with Gasteiger partial charge in [-0.1, -0.05) is 95.1 Å². The zero-order valence-corrected chi connectivity index (χ0v) is 18.3. The molecule has 1 heterocycles. The van der Waals surface area contributed by atoms with E-state index in [2.05, 4.69) is 88.5 Å². The summed E-state index contributed by atoms with van der Waals surface area (Å²) in [6.07, 6.45) is 7.21. The first-order valence-corrected chi connectivity index (χ1v) is 11.2. The number of aliphatic imine (C=N–C) groups is 2. The number of hydrogen-bond acceptors (Lipinski definition) is 2. The van der Waals surface area contributed by atoms with E-state index in [0.717, 1.165) is 0 Å². The maximum absolute atomic E-state index is 5.45. The van der Waals surface area contributed by atoms with Gasteiger partial charge in [0.15, 0.2) is 0 Å². The molecule has 0 bridgehead atoms. The van der Waals surface area contributed by atoms with E-state index in [0.29, 0.717) is 12.0 Å². The lowest BCUT2D eigenvalue weighted by molar-refractivity contribution is 0.423. The normalized spacial score (nSPS) is 25.7. The summed E-state index contributed by atoms with van der Waals surface area (Å²) >= 11 is 0. The van der Waals surface area contributed by atoms with E-state index in [9.17, 15) is 0 Å². The third kappa shape index (κ3) is 4.22. The molecule has 2 aromatic rings. The number of fused-ring (bicyclic) bond motifs is 1. The van der Waals surface area contributed by atoms with Crippen LogP contribution in [0.25, 0.3) is 0 Å². The molecule has 152 valence electrons. The van der Waals surface area contributed by atoms with E-state index in [-0.39, 0.29) is 17.4 Å². The van der Waals surface area contributed by atoms with Gasteiger partial charge in [0.25, 0.3) is 0 Å². The molecule has 1 saturated carbocycles. The second kappa shape index (κ2) is 8.26. The Bertz CT molecular complexity index is 882. The van der Waals surface area contributed by atoms with Gasteiger partial charge in [-0.05, 0) is 35.4 Å². The fourth-order valence-electron chi connectivity index (χ4n) is 5.08. The molecule has 0 aromatic heterocycles. The first-order chi connectivity index (χ1) is 13.9. The number of benzene rings is 2. The first kappa shape index (κ1) is 20.1.